The minimum atomic E-state index is -0.962. The number of methoxy groups -OCH3 is 1. The minimum Gasteiger partial charge on any atom is -0.466 e. The van der Waals surface area contributed by atoms with Crippen molar-refractivity contribution >= 4 is 29.2 Å². The second-order valence-electron chi connectivity index (χ2n) is 9.03. The SMILES string of the molecule is COC(=O)C1=C(C)NC(C)=C(C(=O)Oc2ccc(C3=NNC(=O)CC3C)cc2)C1c1cccc([N+](=O)[O-])c1. The Hall–Kier alpha value is -4.80. The van der Waals surface area contributed by atoms with E-state index in [-0.39, 0.29) is 34.4 Å². The molecule has 2 aromatic carbocycles. The number of carbonyl (C=O) groups excluding carboxylic acids is 3. The van der Waals surface area contributed by atoms with Crippen molar-refractivity contribution < 1.29 is 28.8 Å². The first kappa shape index (κ1) is 26.3. The van der Waals surface area contributed by atoms with Gasteiger partial charge in [0.15, 0.2) is 0 Å². The van der Waals surface area contributed by atoms with Gasteiger partial charge in [0.2, 0.25) is 5.91 Å². The Labute approximate surface area is 218 Å². The van der Waals surface area contributed by atoms with E-state index in [1.807, 2.05) is 6.92 Å². The zero-order valence-electron chi connectivity index (χ0n) is 21.2. The molecule has 196 valence electrons. The number of nitrogens with zero attached hydrogens (tertiary/aromatic N) is 2. The Morgan fingerprint density at radius 1 is 1.05 bits per heavy atom. The second kappa shape index (κ2) is 10.7. The molecule has 0 bridgehead atoms. The van der Waals surface area contributed by atoms with E-state index in [4.69, 9.17) is 9.47 Å². The molecule has 2 aromatic rings. The standard InChI is InChI=1S/C27H26N4O7/c1-14-12-21(32)29-30-25(14)17-8-10-20(11-9-17)38-27(34)23-16(3)28-15(2)22(26(33)37-4)24(23)18-6-5-7-19(13-18)31(35)36/h5-11,13-14,24,28H,12H2,1-4H3,(H,29,32). The van der Waals surface area contributed by atoms with Crippen molar-refractivity contribution in [2.24, 2.45) is 11.0 Å². The first-order valence-electron chi connectivity index (χ1n) is 11.8. The molecule has 1 amide bonds. The third kappa shape index (κ3) is 5.17. The average molecular weight is 519 g/mol. The first-order valence-corrected chi connectivity index (χ1v) is 11.8. The van der Waals surface area contributed by atoms with Crippen LogP contribution in [0.3, 0.4) is 0 Å². The summed E-state index contributed by atoms with van der Waals surface area (Å²) in [6.07, 6.45) is 0.324. The molecule has 4 rings (SSSR count). The molecule has 2 atom stereocenters. The summed E-state index contributed by atoms with van der Waals surface area (Å²) < 4.78 is 10.7. The van der Waals surface area contributed by atoms with Crippen LogP contribution in [-0.4, -0.2) is 35.6 Å². The van der Waals surface area contributed by atoms with E-state index in [0.29, 0.717) is 29.1 Å². The number of dihydropyridines is 1. The van der Waals surface area contributed by atoms with E-state index in [1.54, 1.807) is 44.2 Å². The monoisotopic (exact) mass is 518 g/mol. The number of hydrogen-bond acceptors (Lipinski definition) is 9. The average Bonchev–Trinajstić information content (AvgIpc) is 2.88. The number of benzene rings is 2. The molecule has 0 saturated carbocycles. The summed E-state index contributed by atoms with van der Waals surface area (Å²) in [6, 6.07) is 12.4. The van der Waals surface area contributed by atoms with E-state index >= 15 is 0 Å². The summed E-state index contributed by atoms with van der Waals surface area (Å²) in [5.41, 5.74) is 5.31. The van der Waals surface area contributed by atoms with Gasteiger partial charge in [-0.3, -0.25) is 14.9 Å². The molecule has 11 heteroatoms. The number of esters is 2. The highest BCUT2D eigenvalue weighted by molar-refractivity contribution is 6.06. The second-order valence-corrected chi connectivity index (χ2v) is 9.03. The summed E-state index contributed by atoms with van der Waals surface area (Å²) in [6.45, 7) is 5.23. The van der Waals surface area contributed by atoms with Crippen molar-refractivity contribution in [1.29, 1.82) is 0 Å². The van der Waals surface area contributed by atoms with Gasteiger partial charge in [0.25, 0.3) is 5.69 Å². The number of carbonyl (C=O) groups is 3. The predicted molar refractivity (Wildman–Crippen MR) is 137 cm³/mol. The smallest absolute Gasteiger partial charge is 0.342 e. The third-order valence-corrected chi connectivity index (χ3v) is 6.42. The number of allylic oxidation sites excluding steroid dienone is 2. The number of non-ortho nitro benzene ring substituents is 1. The van der Waals surface area contributed by atoms with Gasteiger partial charge < -0.3 is 14.8 Å². The van der Waals surface area contributed by atoms with Crippen molar-refractivity contribution in [3.63, 3.8) is 0 Å². The quantitative estimate of drug-likeness (QED) is 0.256. The molecule has 0 spiro atoms. The van der Waals surface area contributed by atoms with Crippen molar-refractivity contribution in [3.05, 3.63) is 92.3 Å². The summed E-state index contributed by atoms with van der Waals surface area (Å²) in [5.74, 6) is -2.34. The van der Waals surface area contributed by atoms with E-state index in [9.17, 15) is 24.5 Å². The van der Waals surface area contributed by atoms with E-state index in [0.717, 1.165) is 5.56 Å². The lowest BCUT2D eigenvalue weighted by Crippen LogP contribution is -2.33. The number of hydrogen-bond donors (Lipinski definition) is 2. The van der Waals surface area contributed by atoms with E-state index in [1.165, 1.54) is 25.3 Å². The highest BCUT2D eigenvalue weighted by atomic mass is 16.6. The summed E-state index contributed by atoms with van der Waals surface area (Å²) in [5, 5.41) is 18.6. The van der Waals surface area contributed by atoms with E-state index in [2.05, 4.69) is 15.8 Å². The van der Waals surface area contributed by atoms with Crippen LogP contribution in [0.2, 0.25) is 0 Å². The van der Waals surface area contributed by atoms with Crippen LogP contribution >= 0.6 is 0 Å². The molecule has 2 N–H and O–H groups in total. The number of nitro groups is 1. The maximum Gasteiger partial charge on any atom is 0.342 e. The molecule has 0 aromatic heterocycles. The minimum absolute atomic E-state index is 0.0688. The van der Waals surface area contributed by atoms with Gasteiger partial charge in [0.1, 0.15) is 5.75 Å². The number of rotatable bonds is 6. The summed E-state index contributed by atoms with van der Waals surface area (Å²) in [7, 11) is 1.22. The van der Waals surface area contributed by atoms with Crippen molar-refractivity contribution in [2.45, 2.75) is 33.1 Å². The van der Waals surface area contributed by atoms with Gasteiger partial charge in [-0.1, -0.05) is 19.1 Å². The zero-order chi connectivity index (χ0) is 27.6. The lowest BCUT2D eigenvalue weighted by atomic mass is 9.80. The number of amides is 1. The predicted octanol–water partition coefficient (Wildman–Crippen LogP) is 3.47. The van der Waals surface area contributed by atoms with Gasteiger partial charge in [-0.2, -0.15) is 5.10 Å². The Morgan fingerprint density at radius 2 is 1.71 bits per heavy atom. The number of ether oxygens (including phenoxy) is 2. The summed E-state index contributed by atoms with van der Waals surface area (Å²) in [4.78, 5) is 48.7. The van der Waals surface area contributed by atoms with Gasteiger partial charge in [-0.15, -0.1) is 0 Å². The van der Waals surface area contributed by atoms with Crippen molar-refractivity contribution in [1.82, 2.24) is 10.7 Å². The summed E-state index contributed by atoms with van der Waals surface area (Å²) >= 11 is 0. The van der Waals surface area contributed by atoms with Gasteiger partial charge >= 0.3 is 11.9 Å². The number of hydrazone groups is 1. The third-order valence-electron chi connectivity index (χ3n) is 6.42. The van der Waals surface area contributed by atoms with Gasteiger partial charge in [0.05, 0.1) is 34.8 Å². The molecular weight excluding hydrogens is 492 g/mol. The van der Waals surface area contributed by atoms with Gasteiger partial charge in [-0.05, 0) is 49.2 Å². The maximum atomic E-state index is 13.5. The molecule has 38 heavy (non-hydrogen) atoms. The van der Waals surface area contributed by atoms with Crippen LogP contribution < -0.4 is 15.5 Å². The first-order chi connectivity index (χ1) is 18.1. The maximum absolute atomic E-state index is 13.5. The van der Waals surface area contributed by atoms with Crippen molar-refractivity contribution in [3.8, 4) is 5.75 Å². The Bertz CT molecular complexity index is 1420. The number of nitrogens with one attached hydrogen (secondary N) is 2. The lowest BCUT2D eigenvalue weighted by molar-refractivity contribution is -0.384. The van der Waals surface area contributed by atoms with Crippen LogP contribution in [0.5, 0.6) is 5.75 Å². The van der Waals surface area contributed by atoms with Crippen LogP contribution in [0.4, 0.5) is 5.69 Å². The Morgan fingerprint density at radius 3 is 2.32 bits per heavy atom. The molecule has 0 radical (unpaired) electrons. The highest BCUT2D eigenvalue weighted by Crippen LogP contribution is 2.40. The number of nitro benzene ring substituents is 1. The van der Waals surface area contributed by atoms with Crippen LogP contribution in [-0.2, 0) is 19.1 Å². The fraction of sp³-hybridized carbons (Fsp3) is 0.259. The molecule has 2 aliphatic rings. The highest BCUT2D eigenvalue weighted by Gasteiger charge is 2.38. The molecule has 2 heterocycles. The molecule has 2 unspecified atom stereocenters. The van der Waals surface area contributed by atoms with Crippen LogP contribution in [0, 0.1) is 16.0 Å². The molecule has 0 fully saturated rings. The van der Waals surface area contributed by atoms with Crippen LogP contribution in [0.1, 0.15) is 44.2 Å². The Kier molecular flexibility index (Phi) is 7.38. The molecule has 0 aliphatic carbocycles. The zero-order valence-corrected chi connectivity index (χ0v) is 21.2. The molecule has 2 aliphatic heterocycles. The lowest BCUT2D eigenvalue weighted by Gasteiger charge is -2.30. The largest absolute Gasteiger partial charge is 0.466 e. The van der Waals surface area contributed by atoms with E-state index < -0.39 is 22.8 Å². The normalized spacial score (nSPS) is 19.3. The van der Waals surface area contributed by atoms with Crippen molar-refractivity contribution in [2.75, 3.05) is 7.11 Å². The van der Waals surface area contributed by atoms with Gasteiger partial charge in [-0.25, -0.2) is 15.0 Å². The van der Waals surface area contributed by atoms with Crippen LogP contribution in [0.25, 0.3) is 0 Å². The van der Waals surface area contributed by atoms with Gasteiger partial charge in [0, 0.05) is 35.9 Å². The Balaban J connectivity index is 1.68. The fourth-order valence-electron chi connectivity index (χ4n) is 4.65. The fourth-order valence-corrected chi connectivity index (χ4v) is 4.65. The van der Waals surface area contributed by atoms with Crippen LogP contribution in [0.15, 0.2) is 76.2 Å². The molecule has 11 nitrogen and oxygen atoms in total. The molecular formula is C27H26N4O7. The molecule has 0 saturated heterocycles. The topological polar surface area (TPSA) is 149 Å².